The molecule has 0 radical (unpaired) electrons. The maximum atomic E-state index is 13.0. The van der Waals surface area contributed by atoms with Gasteiger partial charge in [-0.25, -0.2) is 4.98 Å². The summed E-state index contributed by atoms with van der Waals surface area (Å²) in [6, 6.07) is 14.8. The molecule has 3 rings (SSSR count). The van der Waals surface area contributed by atoms with Gasteiger partial charge in [0.1, 0.15) is 5.82 Å². The number of aromatic nitrogens is 2. The molecule has 134 valence electrons. The number of hydrogen-bond acceptors (Lipinski definition) is 3. The van der Waals surface area contributed by atoms with Crippen molar-refractivity contribution in [2.24, 2.45) is 0 Å². The number of nitrogens with one attached hydrogen (secondary N) is 1. The van der Waals surface area contributed by atoms with Crippen molar-refractivity contribution in [3.8, 4) is 0 Å². The van der Waals surface area contributed by atoms with Gasteiger partial charge < -0.3 is 9.88 Å². The van der Waals surface area contributed by atoms with Gasteiger partial charge in [0.2, 0.25) is 0 Å². The van der Waals surface area contributed by atoms with Crippen molar-refractivity contribution in [1.29, 1.82) is 0 Å². The molecule has 0 aliphatic heterocycles. The number of unbranched alkanes of at least 4 members (excludes halogenated alkanes) is 1. The molecule has 0 atom stereocenters. The molecule has 1 aromatic heterocycles. The van der Waals surface area contributed by atoms with Crippen molar-refractivity contribution in [3.05, 3.63) is 75.8 Å². The molecule has 0 saturated heterocycles. The van der Waals surface area contributed by atoms with E-state index in [1.54, 1.807) is 11.0 Å². The standard InChI is InChI=1S/C21H23N3O2/c1-3-4-12-24(21(26)16-9-7-8-15(2)13-16)14-19-22-18-11-6-5-10-17(18)20(25)23-19/h5-11,13H,3-4,12,14H2,1-2H3,(H,22,23,25). The molecule has 26 heavy (non-hydrogen) atoms. The van der Waals surface area contributed by atoms with E-state index in [0.29, 0.717) is 28.8 Å². The molecule has 1 heterocycles. The van der Waals surface area contributed by atoms with E-state index in [4.69, 9.17) is 0 Å². The maximum Gasteiger partial charge on any atom is 0.258 e. The minimum absolute atomic E-state index is 0.0436. The van der Waals surface area contributed by atoms with Crippen LogP contribution in [0.4, 0.5) is 0 Å². The summed E-state index contributed by atoms with van der Waals surface area (Å²) in [5.41, 5.74) is 2.17. The van der Waals surface area contributed by atoms with Crippen LogP contribution >= 0.6 is 0 Å². The summed E-state index contributed by atoms with van der Waals surface area (Å²) in [5.74, 6) is 0.462. The molecule has 5 nitrogen and oxygen atoms in total. The average Bonchev–Trinajstić information content (AvgIpc) is 2.64. The number of nitrogens with zero attached hydrogens (tertiary/aromatic N) is 2. The Hall–Kier alpha value is -2.95. The Bertz CT molecular complexity index is 978. The Morgan fingerprint density at radius 1 is 1.15 bits per heavy atom. The van der Waals surface area contributed by atoms with Crippen LogP contribution in [0, 0.1) is 6.92 Å². The van der Waals surface area contributed by atoms with E-state index in [1.165, 1.54) is 0 Å². The third-order valence-electron chi connectivity index (χ3n) is 4.34. The van der Waals surface area contributed by atoms with Crippen LogP contribution in [0.1, 0.15) is 41.5 Å². The molecule has 0 aliphatic rings. The molecule has 0 fully saturated rings. The number of rotatable bonds is 6. The molecule has 1 amide bonds. The molecule has 0 spiro atoms. The largest absolute Gasteiger partial charge is 0.331 e. The van der Waals surface area contributed by atoms with Crippen molar-refractivity contribution in [1.82, 2.24) is 14.9 Å². The van der Waals surface area contributed by atoms with Gasteiger partial charge in [-0.3, -0.25) is 9.59 Å². The van der Waals surface area contributed by atoms with Gasteiger partial charge in [0.15, 0.2) is 0 Å². The first-order valence-electron chi connectivity index (χ1n) is 8.92. The number of carbonyl (C=O) groups excluding carboxylic acids is 1. The summed E-state index contributed by atoms with van der Waals surface area (Å²) in [6.45, 7) is 4.97. The maximum absolute atomic E-state index is 13.0. The average molecular weight is 349 g/mol. The number of hydrogen-bond donors (Lipinski definition) is 1. The highest BCUT2D eigenvalue weighted by Gasteiger charge is 2.17. The van der Waals surface area contributed by atoms with Crippen LogP contribution in [0.2, 0.25) is 0 Å². The van der Waals surface area contributed by atoms with Crippen molar-refractivity contribution in [2.45, 2.75) is 33.2 Å². The summed E-state index contributed by atoms with van der Waals surface area (Å²) >= 11 is 0. The van der Waals surface area contributed by atoms with Crippen molar-refractivity contribution < 1.29 is 4.79 Å². The lowest BCUT2D eigenvalue weighted by Crippen LogP contribution is -2.33. The lowest BCUT2D eigenvalue weighted by atomic mass is 10.1. The molecule has 0 bridgehead atoms. The predicted octanol–water partition coefficient (Wildman–Crippen LogP) is 3.67. The van der Waals surface area contributed by atoms with E-state index >= 15 is 0 Å². The van der Waals surface area contributed by atoms with Gasteiger partial charge in [-0.2, -0.15) is 0 Å². The summed E-state index contributed by atoms with van der Waals surface area (Å²) in [7, 11) is 0. The van der Waals surface area contributed by atoms with Gasteiger partial charge in [-0.1, -0.05) is 43.2 Å². The first-order chi connectivity index (χ1) is 12.6. The minimum atomic E-state index is -0.177. The van der Waals surface area contributed by atoms with Crippen LogP contribution in [-0.2, 0) is 6.54 Å². The lowest BCUT2D eigenvalue weighted by molar-refractivity contribution is 0.0736. The van der Waals surface area contributed by atoms with E-state index in [2.05, 4.69) is 16.9 Å². The highest BCUT2D eigenvalue weighted by molar-refractivity contribution is 5.94. The topological polar surface area (TPSA) is 66.1 Å². The monoisotopic (exact) mass is 349 g/mol. The third-order valence-corrected chi connectivity index (χ3v) is 4.34. The second-order valence-electron chi connectivity index (χ2n) is 6.48. The van der Waals surface area contributed by atoms with E-state index in [0.717, 1.165) is 18.4 Å². The number of benzene rings is 2. The Kier molecular flexibility index (Phi) is 5.46. The molecular weight excluding hydrogens is 326 g/mol. The third kappa shape index (κ3) is 3.99. The van der Waals surface area contributed by atoms with Crippen LogP contribution in [0.5, 0.6) is 0 Å². The van der Waals surface area contributed by atoms with Crippen molar-refractivity contribution in [3.63, 3.8) is 0 Å². The van der Waals surface area contributed by atoms with E-state index < -0.39 is 0 Å². The molecule has 3 aromatic rings. The summed E-state index contributed by atoms with van der Waals surface area (Å²) in [4.78, 5) is 34.3. The van der Waals surface area contributed by atoms with Gasteiger partial charge in [0.25, 0.3) is 11.5 Å². The quantitative estimate of drug-likeness (QED) is 0.738. The van der Waals surface area contributed by atoms with E-state index in [-0.39, 0.29) is 18.0 Å². The van der Waals surface area contributed by atoms with Crippen LogP contribution in [0.3, 0.4) is 0 Å². The Balaban J connectivity index is 1.91. The fourth-order valence-electron chi connectivity index (χ4n) is 2.95. The smallest absolute Gasteiger partial charge is 0.258 e. The SMILES string of the molecule is CCCCN(Cc1nc2ccccc2c(=O)[nH]1)C(=O)c1cccc(C)c1. The molecule has 2 aromatic carbocycles. The zero-order chi connectivity index (χ0) is 18.5. The number of para-hydroxylation sites is 1. The molecular formula is C21H23N3O2. The normalized spacial score (nSPS) is 10.8. The predicted molar refractivity (Wildman–Crippen MR) is 103 cm³/mol. The lowest BCUT2D eigenvalue weighted by Gasteiger charge is -2.22. The molecule has 0 aliphatic carbocycles. The Morgan fingerprint density at radius 3 is 2.73 bits per heavy atom. The fourth-order valence-corrected chi connectivity index (χ4v) is 2.95. The van der Waals surface area contributed by atoms with E-state index in [1.807, 2.05) is 49.4 Å². The zero-order valence-corrected chi connectivity index (χ0v) is 15.2. The highest BCUT2D eigenvalue weighted by atomic mass is 16.2. The summed E-state index contributed by atoms with van der Waals surface area (Å²) in [6.07, 6.45) is 1.88. The van der Waals surface area contributed by atoms with Gasteiger partial charge in [-0.15, -0.1) is 0 Å². The van der Waals surface area contributed by atoms with Crippen LogP contribution in [0.15, 0.2) is 53.3 Å². The van der Waals surface area contributed by atoms with E-state index in [9.17, 15) is 9.59 Å². The number of aryl methyl sites for hydroxylation is 1. The second-order valence-corrected chi connectivity index (χ2v) is 6.48. The molecule has 5 heteroatoms. The number of fused-ring (bicyclic) bond motifs is 1. The van der Waals surface area contributed by atoms with Crippen molar-refractivity contribution >= 4 is 16.8 Å². The fraction of sp³-hybridized carbons (Fsp3) is 0.286. The van der Waals surface area contributed by atoms with Gasteiger partial charge in [0, 0.05) is 12.1 Å². The van der Waals surface area contributed by atoms with Crippen molar-refractivity contribution in [2.75, 3.05) is 6.54 Å². The van der Waals surface area contributed by atoms with Gasteiger partial charge >= 0.3 is 0 Å². The van der Waals surface area contributed by atoms with Gasteiger partial charge in [0.05, 0.1) is 17.4 Å². The highest BCUT2D eigenvalue weighted by Crippen LogP contribution is 2.12. The molecule has 1 N–H and O–H groups in total. The summed E-state index contributed by atoms with van der Waals surface area (Å²) in [5, 5.41) is 0.557. The zero-order valence-electron chi connectivity index (χ0n) is 15.2. The van der Waals surface area contributed by atoms with Crippen LogP contribution in [-0.4, -0.2) is 27.3 Å². The minimum Gasteiger partial charge on any atom is -0.331 e. The summed E-state index contributed by atoms with van der Waals surface area (Å²) < 4.78 is 0. The van der Waals surface area contributed by atoms with Crippen LogP contribution < -0.4 is 5.56 Å². The molecule has 0 unspecified atom stereocenters. The number of H-pyrrole nitrogens is 1. The number of aromatic amines is 1. The van der Waals surface area contributed by atoms with Gasteiger partial charge in [-0.05, 0) is 37.6 Å². The Morgan fingerprint density at radius 2 is 1.96 bits per heavy atom. The first kappa shape index (κ1) is 17.9. The second kappa shape index (κ2) is 7.95. The first-order valence-corrected chi connectivity index (χ1v) is 8.92. The Labute approximate surface area is 152 Å². The van der Waals surface area contributed by atoms with Crippen LogP contribution in [0.25, 0.3) is 10.9 Å². The number of carbonyl (C=O) groups is 1. The molecule has 0 saturated carbocycles. The number of amides is 1.